The first kappa shape index (κ1) is 22.2. The van der Waals surface area contributed by atoms with Gasteiger partial charge in [0.15, 0.2) is 0 Å². The summed E-state index contributed by atoms with van der Waals surface area (Å²) in [4.78, 5) is 19.8. The van der Waals surface area contributed by atoms with E-state index in [2.05, 4.69) is 28.8 Å². The number of aromatic nitrogens is 2. The van der Waals surface area contributed by atoms with Gasteiger partial charge < -0.3 is 18.9 Å². The van der Waals surface area contributed by atoms with Crippen molar-refractivity contribution in [2.24, 2.45) is 0 Å². The van der Waals surface area contributed by atoms with Gasteiger partial charge in [0.1, 0.15) is 23.9 Å². The molecule has 1 atom stereocenters. The monoisotopic (exact) mass is 477 g/mol. The molecule has 2 heterocycles. The van der Waals surface area contributed by atoms with Gasteiger partial charge in [0.25, 0.3) is 0 Å². The van der Waals surface area contributed by atoms with Crippen LogP contribution < -0.4 is 14.4 Å². The maximum Gasteiger partial charge on any atom is 0.227 e. The predicted octanol–water partition coefficient (Wildman–Crippen LogP) is 5.80. The molecular weight excluding hydrogens is 450 g/mol. The normalized spacial score (nSPS) is 15.6. The van der Waals surface area contributed by atoms with E-state index >= 15 is 0 Å². The fourth-order valence-corrected chi connectivity index (χ4v) is 5.12. The highest BCUT2D eigenvalue weighted by molar-refractivity contribution is 5.96. The molecule has 5 aromatic rings. The lowest BCUT2D eigenvalue weighted by atomic mass is 10.1. The number of hydrogen-bond acceptors (Lipinski definition) is 4. The minimum Gasteiger partial charge on any atom is -0.497 e. The summed E-state index contributed by atoms with van der Waals surface area (Å²) in [6, 6.07) is 30.1. The second-order valence-corrected chi connectivity index (χ2v) is 9.04. The van der Waals surface area contributed by atoms with Gasteiger partial charge in [0.05, 0.1) is 24.7 Å². The molecule has 1 amide bonds. The molecule has 0 N–H and O–H groups in total. The number of amides is 1. The van der Waals surface area contributed by atoms with E-state index in [-0.39, 0.29) is 11.8 Å². The van der Waals surface area contributed by atoms with Gasteiger partial charge >= 0.3 is 0 Å². The van der Waals surface area contributed by atoms with Gasteiger partial charge in [0.2, 0.25) is 5.91 Å². The van der Waals surface area contributed by atoms with Crippen molar-refractivity contribution in [3.63, 3.8) is 0 Å². The summed E-state index contributed by atoms with van der Waals surface area (Å²) in [5.41, 5.74) is 2.84. The number of methoxy groups -OCH3 is 1. The van der Waals surface area contributed by atoms with Gasteiger partial charge in [-0.15, -0.1) is 0 Å². The largest absolute Gasteiger partial charge is 0.497 e. The summed E-state index contributed by atoms with van der Waals surface area (Å²) in [6.45, 7) is 1.73. The molecule has 0 radical (unpaired) electrons. The zero-order valence-corrected chi connectivity index (χ0v) is 20.1. The van der Waals surface area contributed by atoms with Crippen molar-refractivity contribution in [3.8, 4) is 11.5 Å². The molecule has 1 aliphatic rings. The summed E-state index contributed by atoms with van der Waals surface area (Å²) in [5.74, 6) is 2.63. The van der Waals surface area contributed by atoms with Gasteiger partial charge in [-0.2, -0.15) is 0 Å². The van der Waals surface area contributed by atoms with E-state index in [1.165, 1.54) is 0 Å². The Labute approximate surface area is 209 Å². The molecule has 1 aromatic heterocycles. The van der Waals surface area contributed by atoms with Crippen molar-refractivity contribution in [2.45, 2.75) is 18.9 Å². The van der Waals surface area contributed by atoms with Gasteiger partial charge in [-0.25, -0.2) is 4.98 Å². The number of nitrogens with zero attached hydrogens (tertiary/aromatic N) is 3. The average Bonchev–Trinajstić information content (AvgIpc) is 3.49. The molecule has 1 fully saturated rings. The van der Waals surface area contributed by atoms with Crippen LogP contribution in [0.5, 0.6) is 11.5 Å². The van der Waals surface area contributed by atoms with Crippen LogP contribution in [0.1, 0.15) is 18.2 Å². The third-order valence-electron chi connectivity index (χ3n) is 6.86. The number of para-hydroxylation sites is 2. The van der Waals surface area contributed by atoms with Gasteiger partial charge in [-0.3, -0.25) is 4.79 Å². The van der Waals surface area contributed by atoms with E-state index in [1.54, 1.807) is 7.11 Å². The van der Waals surface area contributed by atoms with E-state index in [0.717, 1.165) is 44.8 Å². The summed E-state index contributed by atoms with van der Waals surface area (Å²) in [5, 5.41) is 2.26. The van der Waals surface area contributed by atoms with E-state index < -0.39 is 0 Å². The summed E-state index contributed by atoms with van der Waals surface area (Å²) in [6.07, 6.45) is 0.421. The zero-order valence-electron chi connectivity index (χ0n) is 20.1. The van der Waals surface area contributed by atoms with Crippen molar-refractivity contribution in [2.75, 3.05) is 25.2 Å². The zero-order chi connectivity index (χ0) is 24.5. The Kier molecular flexibility index (Phi) is 5.77. The van der Waals surface area contributed by atoms with Crippen LogP contribution >= 0.6 is 0 Å². The molecule has 1 saturated heterocycles. The Hall–Kier alpha value is -4.32. The van der Waals surface area contributed by atoms with Crippen LogP contribution in [0.4, 0.5) is 5.69 Å². The van der Waals surface area contributed by atoms with Crippen LogP contribution in [0, 0.1) is 0 Å². The van der Waals surface area contributed by atoms with Crippen LogP contribution in [-0.2, 0) is 11.3 Å². The Balaban J connectivity index is 1.27. The lowest BCUT2D eigenvalue weighted by Crippen LogP contribution is -2.24. The number of fused-ring (bicyclic) bond motifs is 2. The quantitative estimate of drug-likeness (QED) is 0.297. The standard InChI is InChI=1S/C30H27N3O3/c1-35-24-11-7-10-23(19-24)33-20-22(18-29(33)34)30-31-26-13-4-5-14-27(26)32(30)16-17-36-28-15-6-9-21-8-2-3-12-25(21)28/h2-15,19,22H,16-18,20H2,1H3. The topological polar surface area (TPSA) is 56.6 Å². The third kappa shape index (κ3) is 4.05. The van der Waals surface area contributed by atoms with Gasteiger partial charge in [0, 0.05) is 36.0 Å². The molecule has 0 bridgehead atoms. The third-order valence-corrected chi connectivity index (χ3v) is 6.86. The van der Waals surface area contributed by atoms with Crippen molar-refractivity contribution in [1.29, 1.82) is 0 Å². The number of rotatable bonds is 7. The second-order valence-electron chi connectivity index (χ2n) is 9.04. The molecule has 6 rings (SSSR count). The minimum atomic E-state index is -0.00587. The fraction of sp³-hybridized carbons (Fsp3) is 0.200. The molecule has 0 aliphatic carbocycles. The van der Waals surface area contributed by atoms with Crippen molar-refractivity contribution in [1.82, 2.24) is 9.55 Å². The Morgan fingerprint density at radius 1 is 0.944 bits per heavy atom. The summed E-state index contributed by atoms with van der Waals surface area (Å²) < 4.78 is 13.8. The molecule has 6 heteroatoms. The Morgan fingerprint density at radius 2 is 1.75 bits per heavy atom. The molecule has 36 heavy (non-hydrogen) atoms. The van der Waals surface area contributed by atoms with Crippen molar-refractivity contribution in [3.05, 3.63) is 96.8 Å². The first-order valence-corrected chi connectivity index (χ1v) is 12.2. The van der Waals surface area contributed by atoms with Crippen molar-refractivity contribution >= 4 is 33.4 Å². The highest BCUT2D eigenvalue weighted by Gasteiger charge is 2.35. The lowest BCUT2D eigenvalue weighted by Gasteiger charge is -2.18. The number of carbonyl (C=O) groups is 1. The number of benzene rings is 4. The molecular formula is C30H27N3O3. The number of carbonyl (C=O) groups excluding carboxylic acids is 1. The molecule has 0 saturated carbocycles. The SMILES string of the molecule is COc1cccc(N2CC(c3nc4ccccc4n3CCOc3cccc4ccccc34)CC2=O)c1. The molecule has 1 unspecified atom stereocenters. The van der Waals surface area contributed by atoms with Crippen LogP contribution in [0.15, 0.2) is 91.0 Å². The first-order chi connectivity index (χ1) is 17.7. The number of anilines is 1. The van der Waals surface area contributed by atoms with E-state index in [4.69, 9.17) is 14.5 Å². The highest BCUT2D eigenvalue weighted by Crippen LogP contribution is 2.34. The predicted molar refractivity (Wildman–Crippen MR) is 142 cm³/mol. The number of hydrogen-bond donors (Lipinski definition) is 0. The highest BCUT2D eigenvalue weighted by atomic mass is 16.5. The van der Waals surface area contributed by atoms with Crippen molar-refractivity contribution < 1.29 is 14.3 Å². The lowest BCUT2D eigenvalue weighted by molar-refractivity contribution is -0.117. The van der Waals surface area contributed by atoms with Gasteiger partial charge in [-0.05, 0) is 35.7 Å². The first-order valence-electron chi connectivity index (χ1n) is 12.2. The van der Waals surface area contributed by atoms with Gasteiger partial charge in [-0.1, -0.05) is 54.6 Å². The van der Waals surface area contributed by atoms with Crippen LogP contribution in [0.3, 0.4) is 0 Å². The van der Waals surface area contributed by atoms with Crippen LogP contribution in [0.2, 0.25) is 0 Å². The van der Waals surface area contributed by atoms with Crippen LogP contribution in [0.25, 0.3) is 21.8 Å². The number of imidazole rings is 1. The fourth-order valence-electron chi connectivity index (χ4n) is 5.12. The summed E-state index contributed by atoms with van der Waals surface area (Å²) in [7, 11) is 1.64. The van der Waals surface area contributed by atoms with E-state index in [1.807, 2.05) is 71.6 Å². The maximum atomic E-state index is 13.0. The Morgan fingerprint density at radius 3 is 2.67 bits per heavy atom. The molecule has 180 valence electrons. The number of ether oxygens (including phenoxy) is 2. The molecule has 4 aromatic carbocycles. The second kappa shape index (κ2) is 9.38. The summed E-state index contributed by atoms with van der Waals surface area (Å²) >= 11 is 0. The molecule has 6 nitrogen and oxygen atoms in total. The molecule has 0 spiro atoms. The molecule has 1 aliphatic heterocycles. The maximum absolute atomic E-state index is 13.0. The van der Waals surface area contributed by atoms with E-state index in [9.17, 15) is 4.79 Å². The average molecular weight is 478 g/mol. The van der Waals surface area contributed by atoms with E-state index in [0.29, 0.717) is 26.1 Å². The smallest absolute Gasteiger partial charge is 0.227 e. The van der Waals surface area contributed by atoms with Crippen LogP contribution in [-0.4, -0.2) is 35.7 Å². The minimum absolute atomic E-state index is 0.00587. The Bertz CT molecular complexity index is 1550.